The van der Waals surface area contributed by atoms with Crippen LogP contribution in [0, 0.1) is 0 Å². The molecule has 0 aliphatic carbocycles. The smallest absolute Gasteiger partial charge is 0.253 e. The van der Waals surface area contributed by atoms with E-state index >= 15 is 0 Å². The average Bonchev–Trinajstić information content (AvgIpc) is 2.96. The molecule has 1 aliphatic rings. The van der Waals surface area contributed by atoms with Crippen molar-refractivity contribution < 1.29 is 9.90 Å². The Morgan fingerprint density at radius 2 is 2.09 bits per heavy atom. The van der Waals surface area contributed by atoms with Crippen molar-refractivity contribution in [1.82, 2.24) is 14.9 Å². The molecule has 2 aromatic rings. The zero-order valence-electron chi connectivity index (χ0n) is 11.7. The second-order valence-corrected chi connectivity index (χ2v) is 5.95. The fraction of sp³-hybridized carbons (Fsp3) is 0.267. The van der Waals surface area contributed by atoms with E-state index in [-0.39, 0.29) is 5.91 Å². The highest BCUT2D eigenvalue weighted by molar-refractivity contribution is 9.10. The van der Waals surface area contributed by atoms with E-state index in [2.05, 4.69) is 25.9 Å². The van der Waals surface area contributed by atoms with Crippen molar-refractivity contribution in [2.24, 2.45) is 0 Å². The number of nitrogen functional groups attached to an aromatic ring is 1. The van der Waals surface area contributed by atoms with E-state index in [1.54, 1.807) is 23.2 Å². The summed E-state index contributed by atoms with van der Waals surface area (Å²) in [7, 11) is 0. The van der Waals surface area contributed by atoms with Crippen LogP contribution in [-0.4, -0.2) is 45.1 Å². The molecule has 6 nitrogen and oxygen atoms in total. The van der Waals surface area contributed by atoms with Gasteiger partial charge in [0.25, 0.3) is 5.91 Å². The molecule has 1 saturated heterocycles. The van der Waals surface area contributed by atoms with Crippen molar-refractivity contribution in [3.05, 3.63) is 40.6 Å². The number of likely N-dealkylation sites (tertiary alicyclic amines) is 1. The Hall–Kier alpha value is -1.99. The Morgan fingerprint density at radius 3 is 2.68 bits per heavy atom. The minimum atomic E-state index is -0.411. The third-order valence-corrected chi connectivity index (χ3v) is 4.22. The highest BCUT2D eigenvalue weighted by atomic mass is 79.9. The molecule has 2 heterocycles. The molecule has 1 atom stereocenters. The van der Waals surface area contributed by atoms with Crippen LogP contribution in [0.5, 0.6) is 0 Å². The summed E-state index contributed by atoms with van der Waals surface area (Å²) >= 11 is 3.25. The molecular formula is C15H15BrN4O2. The van der Waals surface area contributed by atoms with Crippen molar-refractivity contribution >= 4 is 27.7 Å². The van der Waals surface area contributed by atoms with Gasteiger partial charge in [-0.25, -0.2) is 9.97 Å². The Morgan fingerprint density at radius 1 is 1.36 bits per heavy atom. The molecule has 1 aliphatic heterocycles. The molecule has 0 spiro atoms. The van der Waals surface area contributed by atoms with Gasteiger partial charge in [-0.15, -0.1) is 0 Å². The molecule has 0 bridgehead atoms. The van der Waals surface area contributed by atoms with Crippen LogP contribution >= 0.6 is 15.9 Å². The number of aliphatic hydroxyl groups excluding tert-OH is 1. The van der Waals surface area contributed by atoms with E-state index in [1.807, 2.05) is 12.1 Å². The lowest BCUT2D eigenvalue weighted by atomic mass is 10.1. The zero-order chi connectivity index (χ0) is 15.7. The van der Waals surface area contributed by atoms with Gasteiger partial charge in [0.05, 0.1) is 18.0 Å². The first-order valence-corrected chi connectivity index (χ1v) is 7.69. The van der Waals surface area contributed by atoms with Gasteiger partial charge in [-0.1, -0.05) is 12.1 Å². The van der Waals surface area contributed by atoms with Crippen LogP contribution < -0.4 is 5.73 Å². The van der Waals surface area contributed by atoms with Gasteiger partial charge in [-0.05, 0) is 34.5 Å². The molecule has 1 fully saturated rings. The number of nitrogens with two attached hydrogens (primary N) is 1. The molecule has 3 N–H and O–H groups in total. The van der Waals surface area contributed by atoms with Gasteiger partial charge in [0.15, 0.2) is 5.82 Å². The Bertz CT molecular complexity index is 705. The van der Waals surface area contributed by atoms with Gasteiger partial charge in [0.2, 0.25) is 0 Å². The highest BCUT2D eigenvalue weighted by Crippen LogP contribution is 2.22. The zero-order valence-corrected chi connectivity index (χ0v) is 13.3. The number of aromatic nitrogens is 2. The monoisotopic (exact) mass is 362 g/mol. The number of halogens is 1. The van der Waals surface area contributed by atoms with Crippen molar-refractivity contribution in [1.29, 1.82) is 0 Å². The van der Waals surface area contributed by atoms with Gasteiger partial charge in [-0.3, -0.25) is 4.79 Å². The van der Waals surface area contributed by atoms with Crippen LogP contribution in [0.1, 0.15) is 16.8 Å². The number of hydrogen-bond acceptors (Lipinski definition) is 5. The van der Waals surface area contributed by atoms with Crippen LogP contribution in [0.2, 0.25) is 0 Å². The molecule has 1 amide bonds. The number of carbonyl (C=O) groups excluding carboxylic acids is 1. The summed E-state index contributed by atoms with van der Waals surface area (Å²) in [4.78, 5) is 22.3. The summed E-state index contributed by atoms with van der Waals surface area (Å²) in [6, 6.07) is 7.17. The maximum atomic E-state index is 12.3. The predicted octanol–water partition coefficient (Wildman–Crippen LogP) is 1.70. The highest BCUT2D eigenvalue weighted by Gasteiger charge is 2.25. The number of benzene rings is 1. The molecular weight excluding hydrogens is 348 g/mol. The second-order valence-electron chi connectivity index (χ2n) is 5.20. The van der Waals surface area contributed by atoms with Crippen molar-refractivity contribution in [3.8, 4) is 11.3 Å². The summed E-state index contributed by atoms with van der Waals surface area (Å²) in [5.74, 6) is 0.274. The third kappa shape index (κ3) is 2.95. The summed E-state index contributed by atoms with van der Waals surface area (Å²) < 4.78 is 0.496. The maximum Gasteiger partial charge on any atom is 0.253 e. The van der Waals surface area contributed by atoms with Crippen molar-refractivity contribution in [3.63, 3.8) is 0 Å². The SMILES string of the molecule is Nc1ncc(-c2ccc(C(=O)N3CCC(O)C3)cc2)nc1Br. The average molecular weight is 363 g/mol. The maximum absolute atomic E-state index is 12.3. The van der Waals surface area contributed by atoms with Crippen LogP contribution in [0.15, 0.2) is 35.1 Å². The molecule has 1 aromatic carbocycles. The Labute approximate surface area is 136 Å². The molecule has 7 heteroatoms. The van der Waals surface area contributed by atoms with Crippen molar-refractivity contribution in [2.45, 2.75) is 12.5 Å². The normalized spacial score (nSPS) is 17.7. The lowest BCUT2D eigenvalue weighted by molar-refractivity contribution is 0.0765. The molecule has 1 unspecified atom stereocenters. The lowest BCUT2D eigenvalue weighted by Crippen LogP contribution is -2.29. The van der Waals surface area contributed by atoms with Crippen molar-refractivity contribution in [2.75, 3.05) is 18.8 Å². The standard InChI is InChI=1S/C15H15BrN4O2/c16-13-14(17)18-7-12(19-13)9-1-3-10(4-2-9)15(22)20-6-5-11(21)8-20/h1-4,7,11,21H,5-6,8H2,(H2,17,18). The van der Waals surface area contributed by atoms with Crippen LogP contribution in [0.4, 0.5) is 5.82 Å². The largest absolute Gasteiger partial charge is 0.391 e. The van der Waals surface area contributed by atoms with Gasteiger partial charge in [0.1, 0.15) is 4.60 Å². The first-order valence-electron chi connectivity index (χ1n) is 6.90. The number of carbonyl (C=O) groups is 1. The number of nitrogens with zero attached hydrogens (tertiary/aromatic N) is 3. The van der Waals surface area contributed by atoms with E-state index in [9.17, 15) is 9.90 Å². The fourth-order valence-electron chi connectivity index (χ4n) is 2.41. The van der Waals surface area contributed by atoms with Crippen LogP contribution in [0.25, 0.3) is 11.3 Å². The topological polar surface area (TPSA) is 92.3 Å². The number of aliphatic hydroxyl groups is 1. The predicted molar refractivity (Wildman–Crippen MR) is 86.1 cm³/mol. The van der Waals surface area contributed by atoms with Gasteiger partial charge in [-0.2, -0.15) is 0 Å². The number of amides is 1. The van der Waals surface area contributed by atoms with E-state index in [0.29, 0.717) is 41.2 Å². The molecule has 114 valence electrons. The number of hydrogen-bond donors (Lipinski definition) is 2. The molecule has 22 heavy (non-hydrogen) atoms. The Balaban J connectivity index is 1.80. The van der Waals surface area contributed by atoms with E-state index in [0.717, 1.165) is 5.56 Å². The first-order chi connectivity index (χ1) is 10.5. The lowest BCUT2D eigenvalue weighted by Gasteiger charge is -2.15. The molecule has 1 aromatic heterocycles. The molecule has 3 rings (SSSR count). The number of anilines is 1. The minimum Gasteiger partial charge on any atom is -0.391 e. The fourth-order valence-corrected chi connectivity index (χ4v) is 2.70. The van der Waals surface area contributed by atoms with Crippen LogP contribution in [0.3, 0.4) is 0 Å². The third-order valence-electron chi connectivity index (χ3n) is 3.63. The molecule has 0 radical (unpaired) electrons. The van der Waals surface area contributed by atoms with Crippen LogP contribution in [-0.2, 0) is 0 Å². The van der Waals surface area contributed by atoms with E-state index in [1.165, 1.54) is 0 Å². The molecule has 0 saturated carbocycles. The minimum absolute atomic E-state index is 0.0623. The summed E-state index contributed by atoms with van der Waals surface area (Å²) in [6.45, 7) is 0.995. The number of rotatable bonds is 2. The Kier molecular flexibility index (Phi) is 4.08. The van der Waals surface area contributed by atoms with E-state index in [4.69, 9.17) is 5.73 Å². The first kappa shape index (κ1) is 14.9. The van der Waals surface area contributed by atoms with Gasteiger partial charge in [0, 0.05) is 24.2 Å². The quantitative estimate of drug-likeness (QED) is 0.847. The number of β-amino-alcohol motifs (C(OH)–C–C–N with tert-alkyl or cyclic N) is 1. The summed E-state index contributed by atoms with van der Waals surface area (Å²) in [5.41, 5.74) is 7.75. The van der Waals surface area contributed by atoms with Gasteiger partial charge >= 0.3 is 0 Å². The summed E-state index contributed by atoms with van der Waals surface area (Å²) in [5, 5.41) is 9.51. The van der Waals surface area contributed by atoms with E-state index < -0.39 is 6.10 Å². The van der Waals surface area contributed by atoms with Gasteiger partial charge < -0.3 is 15.7 Å². The summed E-state index contributed by atoms with van der Waals surface area (Å²) in [6.07, 6.45) is 1.82. The second kappa shape index (κ2) is 6.02.